The molecule has 0 unspecified atom stereocenters. The Kier molecular flexibility index (Phi) is 7.20. The normalized spacial score (nSPS) is 12.8. The van der Waals surface area contributed by atoms with Crippen LogP contribution in [0.25, 0.3) is 0 Å². The minimum absolute atomic E-state index is 0.0177. The van der Waals surface area contributed by atoms with Crippen LogP contribution in [-0.4, -0.2) is 37.8 Å². The van der Waals surface area contributed by atoms with Crippen LogP contribution in [0.5, 0.6) is 0 Å². The largest absolute Gasteiger partial charge is 0.461 e. The molecule has 0 bridgehead atoms. The van der Waals surface area contributed by atoms with Gasteiger partial charge in [0.1, 0.15) is 0 Å². The number of carbonyl (C=O) groups is 1. The van der Waals surface area contributed by atoms with Crippen molar-refractivity contribution >= 4 is 56.4 Å². The third kappa shape index (κ3) is 4.83. The second-order valence-electron chi connectivity index (χ2n) is 6.06. The maximum absolute atomic E-state index is 13.8. The molecule has 0 aliphatic carbocycles. The standard InChI is InChI=1S/C17H7Cl2F7N2O4S/c18-11-5-10(33(31,32)17(25,26)15(20,21)16(22,23)24)6-12(19)13(11)28-14(30)8-2-1-3-9(4-8)27-7-29/h1-6H,(H,28,30). The lowest BCUT2D eigenvalue weighted by Crippen LogP contribution is -2.55. The number of nitrogens with one attached hydrogen (secondary N) is 1. The fourth-order valence-corrected chi connectivity index (χ4v) is 4.27. The zero-order valence-electron chi connectivity index (χ0n) is 15.4. The highest BCUT2D eigenvalue weighted by atomic mass is 35.5. The van der Waals surface area contributed by atoms with E-state index >= 15 is 0 Å². The predicted octanol–water partition coefficient (Wildman–Crippen LogP) is 5.78. The van der Waals surface area contributed by atoms with Crippen molar-refractivity contribution < 1.29 is 48.7 Å². The summed E-state index contributed by atoms with van der Waals surface area (Å²) in [5.41, 5.74) is -0.687. The van der Waals surface area contributed by atoms with Crippen LogP contribution in [-0.2, 0) is 14.6 Å². The van der Waals surface area contributed by atoms with Crippen LogP contribution in [0.1, 0.15) is 10.4 Å². The molecule has 0 saturated carbocycles. The van der Waals surface area contributed by atoms with Crippen LogP contribution in [0.2, 0.25) is 10.0 Å². The van der Waals surface area contributed by atoms with Crippen LogP contribution in [0.3, 0.4) is 0 Å². The van der Waals surface area contributed by atoms with E-state index in [0.717, 1.165) is 6.07 Å². The van der Waals surface area contributed by atoms with Gasteiger partial charge in [-0.1, -0.05) is 29.3 Å². The van der Waals surface area contributed by atoms with Crippen molar-refractivity contribution in [3.8, 4) is 0 Å². The van der Waals surface area contributed by atoms with Crippen molar-refractivity contribution in [1.29, 1.82) is 0 Å². The number of hydrogen-bond acceptors (Lipinski definition) is 5. The molecule has 0 saturated heterocycles. The summed E-state index contributed by atoms with van der Waals surface area (Å²) in [5.74, 6) is -7.91. The summed E-state index contributed by atoms with van der Waals surface area (Å²) < 4.78 is 115. The summed E-state index contributed by atoms with van der Waals surface area (Å²) in [5, 5.41) is -6.28. The molecule has 2 aromatic carbocycles. The number of rotatable bonds is 6. The highest BCUT2D eigenvalue weighted by Crippen LogP contribution is 2.51. The zero-order chi connectivity index (χ0) is 25.4. The van der Waals surface area contributed by atoms with E-state index in [1.54, 1.807) is 0 Å². The third-order valence-electron chi connectivity index (χ3n) is 3.91. The van der Waals surface area contributed by atoms with Crippen LogP contribution in [0, 0.1) is 0 Å². The molecule has 2 aromatic rings. The highest BCUT2D eigenvalue weighted by molar-refractivity contribution is 7.92. The van der Waals surface area contributed by atoms with Gasteiger partial charge in [0, 0.05) is 5.56 Å². The van der Waals surface area contributed by atoms with E-state index in [1.165, 1.54) is 24.3 Å². The maximum Gasteiger partial charge on any atom is 0.461 e. The lowest BCUT2D eigenvalue weighted by atomic mass is 10.2. The van der Waals surface area contributed by atoms with Gasteiger partial charge in [-0.25, -0.2) is 13.2 Å². The molecule has 16 heteroatoms. The molecule has 0 aromatic heterocycles. The number of aliphatic imine (C=N–C) groups is 1. The Morgan fingerprint density at radius 3 is 2.00 bits per heavy atom. The lowest BCUT2D eigenvalue weighted by Gasteiger charge is -2.28. The van der Waals surface area contributed by atoms with Gasteiger partial charge in [0.25, 0.3) is 5.91 Å². The maximum atomic E-state index is 13.8. The van der Waals surface area contributed by atoms with E-state index in [9.17, 15) is 48.7 Å². The van der Waals surface area contributed by atoms with Crippen LogP contribution >= 0.6 is 23.2 Å². The molecule has 1 N–H and O–H groups in total. The molecule has 33 heavy (non-hydrogen) atoms. The van der Waals surface area contributed by atoms with Gasteiger partial charge in [-0.15, -0.1) is 0 Å². The van der Waals surface area contributed by atoms with Gasteiger partial charge < -0.3 is 5.32 Å². The van der Waals surface area contributed by atoms with E-state index in [-0.39, 0.29) is 23.4 Å². The average Bonchev–Trinajstić information content (AvgIpc) is 2.69. The van der Waals surface area contributed by atoms with Crippen molar-refractivity contribution in [3.05, 3.63) is 52.0 Å². The molecule has 2 rings (SSSR count). The van der Waals surface area contributed by atoms with Crippen molar-refractivity contribution in [2.75, 3.05) is 5.32 Å². The van der Waals surface area contributed by atoms with Gasteiger partial charge in [0.15, 0.2) is 0 Å². The molecule has 0 atom stereocenters. The highest BCUT2D eigenvalue weighted by Gasteiger charge is 2.78. The summed E-state index contributed by atoms with van der Waals surface area (Å²) >= 11 is 11.4. The number of carbonyl (C=O) groups excluding carboxylic acids is 2. The van der Waals surface area contributed by atoms with E-state index < -0.39 is 53.7 Å². The zero-order valence-corrected chi connectivity index (χ0v) is 17.7. The van der Waals surface area contributed by atoms with Gasteiger partial charge in [-0.3, -0.25) is 4.79 Å². The first-order valence-corrected chi connectivity index (χ1v) is 10.3. The smallest absolute Gasteiger partial charge is 0.319 e. The minimum Gasteiger partial charge on any atom is -0.319 e. The Bertz CT molecular complexity index is 1240. The van der Waals surface area contributed by atoms with Gasteiger partial charge in [0.2, 0.25) is 15.9 Å². The summed E-state index contributed by atoms with van der Waals surface area (Å²) in [7, 11) is -6.67. The number of benzene rings is 2. The Hall–Kier alpha value is -2.67. The number of alkyl halides is 7. The predicted molar refractivity (Wildman–Crippen MR) is 102 cm³/mol. The van der Waals surface area contributed by atoms with Crippen LogP contribution in [0.15, 0.2) is 46.3 Å². The second kappa shape index (κ2) is 8.93. The Morgan fingerprint density at radius 1 is 0.970 bits per heavy atom. The number of anilines is 1. The number of sulfone groups is 1. The van der Waals surface area contributed by atoms with Gasteiger partial charge in [-0.05, 0) is 30.3 Å². The molecule has 0 radical (unpaired) electrons. The van der Waals surface area contributed by atoms with Gasteiger partial charge >= 0.3 is 17.4 Å². The SMILES string of the molecule is O=C=Nc1cccc(C(=O)Nc2c(Cl)cc(S(=O)(=O)C(F)(F)C(F)(F)C(F)(F)F)cc2Cl)c1. The number of amides is 1. The Labute approximate surface area is 189 Å². The molecule has 0 heterocycles. The van der Waals surface area contributed by atoms with Crippen LogP contribution < -0.4 is 5.32 Å². The first kappa shape index (κ1) is 26.6. The lowest BCUT2D eigenvalue weighted by molar-refractivity contribution is -0.332. The molecule has 178 valence electrons. The van der Waals surface area contributed by atoms with E-state index in [2.05, 4.69) is 10.3 Å². The van der Waals surface area contributed by atoms with Gasteiger partial charge in [0.05, 0.1) is 26.3 Å². The van der Waals surface area contributed by atoms with Gasteiger partial charge in [-0.2, -0.15) is 35.7 Å². The number of halogens is 9. The average molecular weight is 539 g/mol. The summed E-state index contributed by atoms with van der Waals surface area (Å²) in [6.07, 6.45) is -5.67. The topological polar surface area (TPSA) is 92.7 Å². The molecule has 0 spiro atoms. The first-order chi connectivity index (χ1) is 15.0. The van der Waals surface area contributed by atoms with Crippen molar-refractivity contribution in [3.63, 3.8) is 0 Å². The molecule has 6 nitrogen and oxygen atoms in total. The van der Waals surface area contributed by atoms with E-state index in [4.69, 9.17) is 23.2 Å². The van der Waals surface area contributed by atoms with Crippen molar-refractivity contribution in [2.24, 2.45) is 4.99 Å². The number of isocyanates is 1. The quantitative estimate of drug-likeness (QED) is 0.287. The number of hydrogen-bond donors (Lipinski definition) is 1. The van der Waals surface area contributed by atoms with Crippen LogP contribution in [0.4, 0.5) is 42.1 Å². The third-order valence-corrected chi connectivity index (χ3v) is 6.29. The Morgan fingerprint density at radius 2 is 1.52 bits per heavy atom. The summed E-state index contributed by atoms with van der Waals surface area (Å²) in [6, 6.07) is 5.23. The fraction of sp³-hybridized carbons (Fsp3) is 0.176. The molecular weight excluding hydrogens is 532 g/mol. The first-order valence-electron chi connectivity index (χ1n) is 8.02. The fourth-order valence-electron chi connectivity index (χ4n) is 2.26. The monoisotopic (exact) mass is 538 g/mol. The molecule has 0 aliphatic heterocycles. The second-order valence-corrected chi connectivity index (χ2v) is 8.87. The van der Waals surface area contributed by atoms with E-state index in [0.29, 0.717) is 0 Å². The Balaban J connectivity index is 2.48. The molecule has 1 amide bonds. The summed E-state index contributed by atoms with van der Waals surface area (Å²) in [6.45, 7) is 0. The van der Waals surface area contributed by atoms with E-state index in [1.807, 2.05) is 0 Å². The summed E-state index contributed by atoms with van der Waals surface area (Å²) in [4.78, 5) is 24.1. The minimum atomic E-state index is -6.94. The molecular formula is C17H7Cl2F7N2O4S. The molecule has 0 aliphatic rings. The van der Waals surface area contributed by atoms with Crippen molar-refractivity contribution in [2.45, 2.75) is 22.2 Å². The molecule has 0 fully saturated rings. The number of nitrogens with zero attached hydrogens (tertiary/aromatic N) is 1. The van der Waals surface area contributed by atoms with Crippen molar-refractivity contribution in [1.82, 2.24) is 0 Å².